The van der Waals surface area contributed by atoms with Crippen molar-refractivity contribution in [2.75, 3.05) is 21.3 Å². The van der Waals surface area contributed by atoms with Gasteiger partial charge in [-0.15, -0.1) is 0 Å². The van der Waals surface area contributed by atoms with E-state index in [4.69, 9.17) is 14.2 Å². The maximum atomic E-state index is 5.36. The third kappa shape index (κ3) is 3.47. The fraction of sp³-hybridized carbons (Fsp3) is 0.412. The molecule has 0 aliphatic carbocycles. The Hall–Kier alpha value is -2.30. The summed E-state index contributed by atoms with van der Waals surface area (Å²) in [5.74, 6) is 2.39. The molecule has 0 fully saturated rings. The molecule has 0 radical (unpaired) electrons. The van der Waals surface area contributed by atoms with Crippen LogP contribution in [0.2, 0.25) is 0 Å². The Morgan fingerprint density at radius 1 is 0.909 bits per heavy atom. The first-order chi connectivity index (χ1) is 10.7. The number of hydrogen-bond acceptors (Lipinski definition) is 5. The molecule has 0 unspecified atom stereocenters. The number of rotatable bonds is 7. The number of hydrogen-bond donors (Lipinski definition) is 0. The molecule has 2 aromatic rings. The Balaban J connectivity index is 2.35. The van der Waals surface area contributed by atoms with Crippen LogP contribution in [0.1, 0.15) is 25.3 Å². The molecule has 1 aromatic carbocycles. The topological polar surface area (TPSA) is 53.5 Å². The van der Waals surface area contributed by atoms with E-state index in [1.807, 2.05) is 24.5 Å². The van der Waals surface area contributed by atoms with Crippen molar-refractivity contribution in [3.05, 3.63) is 30.1 Å². The third-order valence-corrected chi connectivity index (χ3v) is 3.45. The van der Waals surface area contributed by atoms with Crippen LogP contribution in [-0.4, -0.2) is 31.3 Å². The minimum absolute atomic E-state index is 0.563. The second-order valence-electron chi connectivity index (χ2n) is 4.93. The zero-order chi connectivity index (χ0) is 15.9. The van der Waals surface area contributed by atoms with Crippen LogP contribution in [0.3, 0.4) is 0 Å². The molecule has 0 bridgehead atoms. The van der Waals surface area contributed by atoms with E-state index in [-0.39, 0.29) is 0 Å². The molecule has 2 rings (SSSR count). The number of aromatic nitrogens is 2. The molecule has 1 heterocycles. The van der Waals surface area contributed by atoms with Crippen LogP contribution in [0.25, 0.3) is 11.4 Å². The van der Waals surface area contributed by atoms with Crippen LogP contribution in [0.5, 0.6) is 17.2 Å². The van der Waals surface area contributed by atoms with Crippen LogP contribution in [-0.2, 0) is 6.42 Å². The molecule has 0 atom stereocenters. The molecule has 0 aliphatic heterocycles. The zero-order valence-electron chi connectivity index (χ0n) is 13.5. The molecule has 0 saturated carbocycles. The highest BCUT2D eigenvalue weighted by Crippen LogP contribution is 2.40. The van der Waals surface area contributed by atoms with Gasteiger partial charge in [-0.2, -0.15) is 0 Å². The van der Waals surface area contributed by atoms with Crippen molar-refractivity contribution >= 4 is 0 Å². The minimum Gasteiger partial charge on any atom is -0.493 e. The number of unbranched alkanes of at least 4 members (excludes halogenated alkanes) is 1. The molecule has 5 nitrogen and oxygen atoms in total. The van der Waals surface area contributed by atoms with E-state index < -0.39 is 0 Å². The summed E-state index contributed by atoms with van der Waals surface area (Å²) in [7, 11) is 4.77. The molecule has 1 aromatic heterocycles. The summed E-state index contributed by atoms with van der Waals surface area (Å²) in [4.78, 5) is 8.89. The van der Waals surface area contributed by atoms with Gasteiger partial charge in [0.05, 0.1) is 21.3 Å². The van der Waals surface area contributed by atoms with E-state index in [1.54, 1.807) is 21.3 Å². The highest BCUT2D eigenvalue weighted by Gasteiger charge is 2.15. The van der Waals surface area contributed by atoms with Crippen molar-refractivity contribution in [1.82, 2.24) is 9.97 Å². The Morgan fingerprint density at radius 3 is 1.95 bits per heavy atom. The van der Waals surface area contributed by atoms with Crippen LogP contribution in [0, 0.1) is 0 Å². The van der Waals surface area contributed by atoms with E-state index in [1.165, 1.54) is 0 Å². The molecule has 22 heavy (non-hydrogen) atoms. The highest BCUT2D eigenvalue weighted by molar-refractivity contribution is 5.66. The van der Waals surface area contributed by atoms with Gasteiger partial charge in [-0.3, -0.25) is 0 Å². The Labute approximate surface area is 131 Å². The second kappa shape index (κ2) is 7.64. The molecule has 118 valence electrons. The van der Waals surface area contributed by atoms with Crippen molar-refractivity contribution in [3.8, 4) is 28.6 Å². The Bertz CT molecular complexity index is 587. The van der Waals surface area contributed by atoms with E-state index in [2.05, 4.69) is 16.9 Å². The fourth-order valence-corrected chi connectivity index (χ4v) is 2.22. The van der Waals surface area contributed by atoms with Crippen LogP contribution in [0.15, 0.2) is 24.5 Å². The van der Waals surface area contributed by atoms with Gasteiger partial charge in [-0.1, -0.05) is 13.3 Å². The number of ether oxygens (including phenoxy) is 3. The smallest absolute Gasteiger partial charge is 0.203 e. The van der Waals surface area contributed by atoms with Gasteiger partial charge in [0.1, 0.15) is 0 Å². The first-order valence-corrected chi connectivity index (χ1v) is 7.34. The van der Waals surface area contributed by atoms with E-state index >= 15 is 0 Å². The average Bonchev–Trinajstić information content (AvgIpc) is 2.58. The molecule has 5 heteroatoms. The van der Waals surface area contributed by atoms with Crippen LogP contribution in [0.4, 0.5) is 0 Å². The van der Waals surface area contributed by atoms with Gasteiger partial charge in [0.25, 0.3) is 0 Å². The maximum absolute atomic E-state index is 5.36. The van der Waals surface area contributed by atoms with Gasteiger partial charge in [0, 0.05) is 18.0 Å². The predicted octanol–water partition coefficient (Wildman–Crippen LogP) is 3.51. The van der Waals surface area contributed by atoms with Crippen molar-refractivity contribution in [3.63, 3.8) is 0 Å². The Kier molecular flexibility index (Phi) is 5.58. The number of methoxy groups -OCH3 is 3. The van der Waals surface area contributed by atoms with E-state index in [0.717, 1.165) is 30.4 Å². The maximum Gasteiger partial charge on any atom is 0.203 e. The SMILES string of the molecule is CCCCc1cnc(-c2cc(OC)c(OC)c(OC)c2)nc1. The summed E-state index contributed by atoms with van der Waals surface area (Å²) in [6.07, 6.45) is 7.07. The quantitative estimate of drug-likeness (QED) is 0.783. The lowest BCUT2D eigenvalue weighted by Crippen LogP contribution is -1.97. The summed E-state index contributed by atoms with van der Waals surface area (Å²) < 4.78 is 16.0. The monoisotopic (exact) mass is 302 g/mol. The predicted molar refractivity (Wildman–Crippen MR) is 85.7 cm³/mol. The number of benzene rings is 1. The zero-order valence-corrected chi connectivity index (χ0v) is 13.5. The average molecular weight is 302 g/mol. The van der Waals surface area contributed by atoms with E-state index in [9.17, 15) is 0 Å². The molecule has 0 saturated heterocycles. The van der Waals surface area contributed by atoms with Gasteiger partial charge in [0.2, 0.25) is 5.75 Å². The number of nitrogens with zero attached hydrogens (tertiary/aromatic N) is 2. The summed E-state index contributed by atoms with van der Waals surface area (Å²) in [6, 6.07) is 3.70. The lowest BCUT2D eigenvalue weighted by molar-refractivity contribution is 0.324. The number of aryl methyl sites for hydroxylation is 1. The first kappa shape index (κ1) is 16.1. The van der Waals surface area contributed by atoms with Crippen molar-refractivity contribution in [2.24, 2.45) is 0 Å². The molecular formula is C17H22N2O3. The third-order valence-electron chi connectivity index (χ3n) is 3.45. The van der Waals surface area contributed by atoms with Gasteiger partial charge in [-0.25, -0.2) is 9.97 Å². The fourth-order valence-electron chi connectivity index (χ4n) is 2.22. The van der Waals surface area contributed by atoms with Gasteiger partial charge >= 0.3 is 0 Å². The molecule has 0 N–H and O–H groups in total. The molecular weight excluding hydrogens is 280 g/mol. The second-order valence-corrected chi connectivity index (χ2v) is 4.93. The van der Waals surface area contributed by atoms with Gasteiger partial charge in [0.15, 0.2) is 17.3 Å². The van der Waals surface area contributed by atoms with Crippen molar-refractivity contribution in [2.45, 2.75) is 26.2 Å². The van der Waals surface area contributed by atoms with Crippen LogP contribution < -0.4 is 14.2 Å². The van der Waals surface area contributed by atoms with Gasteiger partial charge in [-0.05, 0) is 30.5 Å². The van der Waals surface area contributed by atoms with Crippen molar-refractivity contribution < 1.29 is 14.2 Å². The molecule has 0 amide bonds. The standard InChI is InChI=1S/C17H22N2O3/c1-5-6-7-12-10-18-17(19-11-12)13-8-14(20-2)16(22-4)15(9-13)21-3/h8-11H,5-7H2,1-4H3. The van der Waals surface area contributed by atoms with Gasteiger partial charge < -0.3 is 14.2 Å². The summed E-state index contributed by atoms with van der Waals surface area (Å²) >= 11 is 0. The van der Waals surface area contributed by atoms with E-state index in [0.29, 0.717) is 23.1 Å². The largest absolute Gasteiger partial charge is 0.493 e. The molecule has 0 spiro atoms. The lowest BCUT2D eigenvalue weighted by Gasteiger charge is -2.13. The summed E-state index contributed by atoms with van der Waals surface area (Å²) in [5, 5.41) is 0. The summed E-state index contributed by atoms with van der Waals surface area (Å²) in [6.45, 7) is 2.17. The first-order valence-electron chi connectivity index (χ1n) is 7.34. The van der Waals surface area contributed by atoms with Crippen molar-refractivity contribution in [1.29, 1.82) is 0 Å². The normalized spacial score (nSPS) is 10.4. The summed E-state index contributed by atoms with van der Waals surface area (Å²) in [5.41, 5.74) is 1.98. The highest BCUT2D eigenvalue weighted by atomic mass is 16.5. The minimum atomic E-state index is 0.563. The molecule has 0 aliphatic rings. The lowest BCUT2D eigenvalue weighted by atomic mass is 10.1. The Morgan fingerprint density at radius 2 is 1.50 bits per heavy atom. The van der Waals surface area contributed by atoms with Crippen LogP contribution >= 0.6 is 0 Å².